The Morgan fingerprint density at radius 3 is 2.59 bits per heavy atom. The highest BCUT2D eigenvalue weighted by molar-refractivity contribution is 5.91. The number of rotatable bonds is 3. The summed E-state index contributed by atoms with van der Waals surface area (Å²) in [7, 11) is 1.64. The van der Waals surface area contributed by atoms with Crippen molar-refractivity contribution in [3.05, 3.63) is 42.0 Å². The zero-order valence-corrected chi connectivity index (χ0v) is 9.57. The van der Waals surface area contributed by atoms with Crippen molar-refractivity contribution in [1.82, 2.24) is 5.32 Å². The van der Waals surface area contributed by atoms with E-state index in [1.165, 1.54) is 0 Å². The Morgan fingerprint density at radius 2 is 1.94 bits per heavy atom. The molecule has 2 aromatic rings. The van der Waals surface area contributed by atoms with Gasteiger partial charge in [0.05, 0.1) is 7.11 Å². The van der Waals surface area contributed by atoms with Crippen LogP contribution in [0.1, 0.15) is 5.56 Å². The maximum Gasteiger partial charge on any atom is 0.312 e. The first kappa shape index (κ1) is 11.3. The van der Waals surface area contributed by atoms with Crippen molar-refractivity contribution >= 4 is 16.8 Å². The molecule has 2 aromatic carbocycles. The normalized spacial score (nSPS) is 10.2. The number of ether oxygens (including phenoxy) is 1. The average molecular weight is 230 g/mol. The number of benzene rings is 2. The topological polar surface area (TPSA) is 64.3 Å². The number of nitrogens with one attached hydrogen (secondary N) is 1. The van der Waals surface area contributed by atoms with Crippen molar-refractivity contribution in [3.63, 3.8) is 0 Å². The molecule has 0 spiro atoms. The van der Waals surface area contributed by atoms with Crippen LogP contribution in [0.15, 0.2) is 36.4 Å². The monoisotopic (exact) mass is 230 g/mol. The second kappa shape index (κ2) is 4.74. The third kappa shape index (κ3) is 2.30. The van der Waals surface area contributed by atoms with Crippen molar-refractivity contribution in [2.75, 3.05) is 7.11 Å². The maximum absolute atomic E-state index is 10.7. The van der Waals surface area contributed by atoms with Crippen LogP contribution in [0, 0.1) is 0 Å². The van der Waals surface area contributed by atoms with Gasteiger partial charge in [-0.3, -0.25) is 0 Å². The van der Waals surface area contributed by atoms with Gasteiger partial charge in [-0.2, -0.15) is 0 Å². The predicted molar refractivity (Wildman–Crippen MR) is 66.9 cm³/mol. The minimum Gasteiger partial charge on any atom is -0.496 e. The molecule has 88 valence electrons. The van der Waals surface area contributed by atoms with Crippen molar-refractivity contribution in [1.29, 1.82) is 0 Å². The zero-order chi connectivity index (χ0) is 12.3. The summed E-state index contributed by atoms with van der Waals surface area (Å²) in [5.74, 6) is 0.823. The number of primary amides is 1. The lowest BCUT2D eigenvalue weighted by Crippen LogP contribution is -2.28. The van der Waals surface area contributed by atoms with Crippen LogP contribution in [-0.4, -0.2) is 13.1 Å². The summed E-state index contributed by atoms with van der Waals surface area (Å²) in [5, 5.41) is 4.67. The summed E-state index contributed by atoms with van der Waals surface area (Å²) >= 11 is 0. The summed E-state index contributed by atoms with van der Waals surface area (Å²) in [5.41, 5.74) is 6.08. The number of fused-ring (bicyclic) bond motifs is 1. The number of carbonyl (C=O) groups is 1. The molecule has 0 aliphatic heterocycles. The second-order valence-electron chi connectivity index (χ2n) is 3.69. The summed E-state index contributed by atoms with van der Waals surface area (Å²) in [4.78, 5) is 10.7. The highest BCUT2D eigenvalue weighted by atomic mass is 16.5. The Morgan fingerprint density at radius 1 is 1.24 bits per heavy atom. The van der Waals surface area contributed by atoms with Gasteiger partial charge in [0.2, 0.25) is 0 Å². The number of nitrogens with two attached hydrogens (primary N) is 1. The van der Waals surface area contributed by atoms with E-state index in [0.717, 1.165) is 22.1 Å². The highest BCUT2D eigenvalue weighted by Crippen LogP contribution is 2.28. The lowest BCUT2D eigenvalue weighted by molar-refractivity contribution is 0.248. The third-order valence-corrected chi connectivity index (χ3v) is 2.65. The van der Waals surface area contributed by atoms with Gasteiger partial charge in [0.15, 0.2) is 0 Å². The first-order chi connectivity index (χ1) is 8.22. The van der Waals surface area contributed by atoms with Gasteiger partial charge in [-0.15, -0.1) is 0 Å². The minimum absolute atomic E-state index is 0.417. The number of methoxy groups -OCH3 is 1. The lowest BCUT2D eigenvalue weighted by atomic mass is 10.0. The number of amides is 2. The molecule has 0 aromatic heterocycles. The molecule has 0 fully saturated rings. The van der Waals surface area contributed by atoms with E-state index in [0.29, 0.717) is 6.54 Å². The molecule has 0 unspecified atom stereocenters. The molecule has 0 radical (unpaired) electrons. The molecule has 0 bridgehead atoms. The molecule has 0 aliphatic rings. The van der Waals surface area contributed by atoms with Gasteiger partial charge in [0.1, 0.15) is 5.75 Å². The molecular formula is C13H14N2O2. The fourth-order valence-electron chi connectivity index (χ4n) is 1.85. The van der Waals surface area contributed by atoms with Gasteiger partial charge in [-0.1, -0.05) is 30.3 Å². The fraction of sp³-hybridized carbons (Fsp3) is 0.154. The Bertz CT molecular complexity index is 552. The van der Waals surface area contributed by atoms with Crippen LogP contribution in [0.2, 0.25) is 0 Å². The first-order valence-corrected chi connectivity index (χ1v) is 5.30. The zero-order valence-electron chi connectivity index (χ0n) is 9.57. The third-order valence-electron chi connectivity index (χ3n) is 2.65. The van der Waals surface area contributed by atoms with E-state index < -0.39 is 6.03 Å². The van der Waals surface area contributed by atoms with Crippen molar-refractivity contribution in [2.45, 2.75) is 6.54 Å². The molecule has 2 rings (SSSR count). The van der Waals surface area contributed by atoms with E-state index in [9.17, 15) is 4.79 Å². The molecule has 17 heavy (non-hydrogen) atoms. The van der Waals surface area contributed by atoms with Gasteiger partial charge in [0.25, 0.3) is 0 Å². The largest absolute Gasteiger partial charge is 0.496 e. The summed E-state index contributed by atoms with van der Waals surface area (Å²) in [6.07, 6.45) is 0. The van der Waals surface area contributed by atoms with E-state index in [1.54, 1.807) is 7.11 Å². The van der Waals surface area contributed by atoms with E-state index in [4.69, 9.17) is 10.5 Å². The molecule has 0 aliphatic carbocycles. The summed E-state index contributed by atoms with van der Waals surface area (Å²) < 4.78 is 5.30. The van der Waals surface area contributed by atoms with Gasteiger partial charge in [-0.05, 0) is 17.0 Å². The van der Waals surface area contributed by atoms with Crippen LogP contribution in [0.25, 0.3) is 10.8 Å². The molecule has 0 saturated carbocycles. The maximum atomic E-state index is 10.7. The number of urea groups is 1. The van der Waals surface area contributed by atoms with Crippen molar-refractivity contribution in [2.24, 2.45) is 5.73 Å². The smallest absolute Gasteiger partial charge is 0.312 e. The molecule has 0 heterocycles. The minimum atomic E-state index is -0.523. The van der Waals surface area contributed by atoms with Gasteiger partial charge < -0.3 is 15.8 Å². The van der Waals surface area contributed by atoms with Crippen LogP contribution < -0.4 is 15.8 Å². The summed E-state index contributed by atoms with van der Waals surface area (Å²) in [6.45, 7) is 0.417. The number of hydrogen-bond acceptors (Lipinski definition) is 2. The van der Waals surface area contributed by atoms with Crippen LogP contribution in [0.4, 0.5) is 4.79 Å². The Kier molecular flexibility index (Phi) is 3.14. The van der Waals surface area contributed by atoms with E-state index in [2.05, 4.69) is 5.32 Å². The standard InChI is InChI=1S/C13H14N2O2/c1-17-12-7-6-9(8-15-13(14)16)10-4-2-3-5-11(10)12/h2-7H,8H2,1H3,(H3,14,15,16). The quantitative estimate of drug-likeness (QED) is 0.847. The average Bonchev–Trinajstić information content (AvgIpc) is 2.35. The SMILES string of the molecule is COc1ccc(CNC(N)=O)c2ccccc12. The molecule has 0 saturated heterocycles. The molecule has 2 amide bonds. The van der Waals surface area contributed by atoms with Crippen LogP contribution in [-0.2, 0) is 6.54 Å². The molecule has 4 nitrogen and oxygen atoms in total. The Labute approximate surface area is 99.4 Å². The van der Waals surface area contributed by atoms with E-state index >= 15 is 0 Å². The molecule has 4 heteroatoms. The molecule has 0 atom stereocenters. The Hall–Kier alpha value is -2.23. The predicted octanol–water partition coefficient (Wildman–Crippen LogP) is 2.02. The first-order valence-electron chi connectivity index (χ1n) is 5.30. The molecular weight excluding hydrogens is 216 g/mol. The van der Waals surface area contributed by atoms with Gasteiger partial charge in [-0.25, -0.2) is 4.79 Å². The highest BCUT2D eigenvalue weighted by Gasteiger charge is 2.05. The van der Waals surface area contributed by atoms with Gasteiger partial charge in [0, 0.05) is 11.9 Å². The lowest BCUT2D eigenvalue weighted by Gasteiger charge is -2.10. The van der Waals surface area contributed by atoms with Crippen molar-refractivity contribution < 1.29 is 9.53 Å². The van der Waals surface area contributed by atoms with Gasteiger partial charge >= 0.3 is 6.03 Å². The Balaban J connectivity index is 2.47. The number of carbonyl (C=O) groups excluding carboxylic acids is 1. The fourth-order valence-corrected chi connectivity index (χ4v) is 1.85. The van der Waals surface area contributed by atoms with Crippen LogP contribution in [0.5, 0.6) is 5.75 Å². The summed E-state index contributed by atoms with van der Waals surface area (Å²) in [6, 6.07) is 11.2. The van der Waals surface area contributed by atoms with Crippen molar-refractivity contribution in [3.8, 4) is 5.75 Å². The van der Waals surface area contributed by atoms with E-state index in [1.807, 2.05) is 36.4 Å². The second-order valence-corrected chi connectivity index (χ2v) is 3.69. The molecule has 3 N–H and O–H groups in total. The van der Waals surface area contributed by atoms with Crippen LogP contribution in [0.3, 0.4) is 0 Å². The van der Waals surface area contributed by atoms with Crippen LogP contribution >= 0.6 is 0 Å². The number of hydrogen-bond donors (Lipinski definition) is 2. The van der Waals surface area contributed by atoms with E-state index in [-0.39, 0.29) is 0 Å².